The van der Waals surface area contributed by atoms with Crippen LogP contribution in [0.1, 0.15) is 34.5 Å². The minimum atomic E-state index is -0.189. The van der Waals surface area contributed by atoms with Crippen LogP contribution in [0.4, 0.5) is 0 Å². The van der Waals surface area contributed by atoms with Gasteiger partial charge in [0.2, 0.25) is 0 Å². The number of carbonyl (C=O) groups is 1. The van der Waals surface area contributed by atoms with Crippen molar-refractivity contribution in [3.63, 3.8) is 0 Å². The van der Waals surface area contributed by atoms with Crippen molar-refractivity contribution in [1.29, 1.82) is 0 Å². The van der Waals surface area contributed by atoms with E-state index in [2.05, 4.69) is 10.6 Å². The zero-order valence-corrected chi connectivity index (χ0v) is 12.9. The Labute approximate surface area is 130 Å². The summed E-state index contributed by atoms with van der Waals surface area (Å²) in [5, 5.41) is 6.17. The zero-order valence-electron chi connectivity index (χ0n) is 12.1. The molecule has 1 amide bonds. The molecule has 0 fully saturated rings. The molecule has 4 heteroatoms. The van der Waals surface area contributed by atoms with Crippen molar-refractivity contribution in [2.45, 2.75) is 19.9 Å². The molecule has 0 spiro atoms. The molecule has 21 heavy (non-hydrogen) atoms. The molecule has 0 radical (unpaired) electrons. The topological polar surface area (TPSA) is 41.1 Å². The van der Waals surface area contributed by atoms with Crippen LogP contribution in [0.25, 0.3) is 0 Å². The van der Waals surface area contributed by atoms with E-state index in [1.54, 1.807) is 6.07 Å². The molecule has 1 unspecified atom stereocenters. The van der Waals surface area contributed by atoms with E-state index in [1.807, 2.05) is 62.4 Å². The van der Waals surface area contributed by atoms with Crippen molar-refractivity contribution in [1.82, 2.24) is 10.6 Å². The van der Waals surface area contributed by atoms with Crippen LogP contribution in [0, 0.1) is 6.92 Å². The molecule has 2 N–H and O–H groups in total. The summed E-state index contributed by atoms with van der Waals surface area (Å²) in [7, 11) is 0. The summed E-state index contributed by atoms with van der Waals surface area (Å²) in [5.74, 6) is -0.189. The van der Waals surface area contributed by atoms with Gasteiger partial charge in [0.15, 0.2) is 5.11 Å². The maximum absolute atomic E-state index is 12.2. The van der Waals surface area contributed by atoms with Crippen LogP contribution in [-0.2, 0) is 0 Å². The second kappa shape index (κ2) is 6.99. The molecule has 0 saturated carbocycles. The van der Waals surface area contributed by atoms with E-state index in [4.69, 9.17) is 12.2 Å². The summed E-state index contributed by atoms with van der Waals surface area (Å²) in [6.07, 6.45) is 0. The van der Waals surface area contributed by atoms with Gasteiger partial charge in [-0.05, 0) is 43.3 Å². The van der Waals surface area contributed by atoms with Gasteiger partial charge in [0.25, 0.3) is 5.91 Å². The number of rotatable bonds is 3. The summed E-state index contributed by atoms with van der Waals surface area (Å²) in [4.78, 5) is 12.2. The number of nitrogens with one attached hydrogen (secondary N) is 2. The zero-order chi connectivity index (χ0) is 15.2. The number of hydrogen-bond donors (Lipinski definition) is 2. The lowest BCUT2D eigenvalue weighted by molar-refractivity contribution is 0.0976. The van der Waals surface area contributed by atoms with Crippen LogP contribution >= 0.6 is 12.2 Å². The molecule has 0 heterocycles. The summed E-state index contributed by atoms with van der Waals surface area (Å²) in [6.45, 7) is 3.90. The first kappa shape index (κ1) is 15.2. The molecule has 1 atom stereocenters. The molecule has 0 aliphatic heterocycles. The van der Waals surface area contributed by atoms with Crippen molar-refractivity contribution in [3.8, 4) is 0 Å². The highest BCUT2D eigenvalue weighted by molar-refractivity contribution is 7.80. The van der Waals surface area contributed by atoms with Crippen LogP contribution < -0.4 is 10.6 Å². The predicted octanol–water partition coefficient (Wildman–Crippen LogP) is 3.36. The predicted molar refractivity (Wildman–Crippen MR) is 89.2 cm³/mol. The van der Waals surface area contributed by atoms with Gasteiger partial charge < -0.3 is 5.32 Å². The minimum absolute atomic E-state index is 0.0378. The smallest absolute Gasteiger partial charge is 0.257 e. The van der Waals surface area contributed by atoms with Crippen LogP contribution in [0.5, 0.6) is 0 Å². The second-order valence-corrected chi connectivity index (χ2v) is 5.28. The van der Waals surface area contributed by atoms with Gasteiger partial charge in [0, 0.05) is 5.56 Å². The van der Waals surface area contributed by atoms with Crippen molar-refractivity contribution >= 4 is 23.2 Å². The molecular formula is C17H18N2OS. The van der Waals surface area contributed by atoms with Crippen LogP contribution in [-0.4, -0.2) is 11.0 Å². The summed E-state index contributed by atoms with van der Waals surface area (Å²) >= 11 is 5.21. The highest BCUT2D eigenvalue weighted by Gasteiger charge is 2.12. The van der Waals surface area contributed by atoms with Gasteiger partial charge in [-0.1, -0.05) is 48.5 Å². The fourth-order valence-electron chi connectivity index (χ4n) is 2.06. The van der Waals surface area contributed by atoms with Gasteiger partial charge in [-0.3, -0.25) is 10.1 Å². The Hall–Kier alpha value is -2.20. The van der Waals surface area contributed by atoms with E-state index in [0.29, 0.717) is 10.7 Å². The summed E-state index contributed by atoms with van der Waals surface area (Å²) < 4.78 is 0. The van der Waals surface area contributed by atoms with Gasteiger partial charge in [0.1, 0.15) is 0 Å². The van der Waals surface area contributed by atoms with Gasteiger partial charge >= 0.3 is 0 Å². The first-order valence-corrected chi connectivity index (χ1v) is 7.21. The van der Waals surface area contributed by atoms with Crippen molar-refractivity contribution < 1.29 is 4.79 Å². The second-order valence-electron chi connectivity index (χ2n) is 4.87. The molecule has 2 aromatic carbocycles. The van der Waals surface area contributed by atoms with E-state index >= 15 is 0 Å². The Bertz CT molecular complexity index is 640. The number of hydrogen-bond acceptors (Lipinski definition) is 2. The lowest BCUT2D eigenvalue weighted by atomic mass is 10.1. The Kier molecular flexibility index (Phi) is 5.06. The Morgan fingerprint density at radius 3 is 2.33 bits per heavy atom. The van der Waals surface area contributed by atoms with Gasteiger partial charge in [-0.15, -0.1) is 0 Å². The fourth-order valence-corrected chi connectivity index (χ4v) is 2.33. The van der Waals surface area contributed by atoms with Crippen molar-refractivity contribution in [3.05, 3.63) is 71.3 Å². The van der Waals surface area contributed by atoms with Crippen LogP contribution in [0.15, 0.2) is 54.6 Å². The van der Waals surface area contributed by atoms with E-state index in [0.717, 1.165) is 11.1 Å². The van der Waals surface area contributed by atoms with Crippen LogP contribution in [0.3, 0.4) is 0 Å². The van der Waals surface area contributed by atoms with E-state index in [1.165, 1.54) is 0 Å². The maximum atomic E-state index is 12.2. The fraction of sp³-hybridized carbons (Fsp3) is 0.176. The SMILES string of the molecule is Cc1ccccc1C(=O)NC(=S)NC(C)c1ccccc1. The molecule has 0 aliphatic carbocycles. The summed E-state index contributed by atoms with van der Waals surface area (Å²) in [5.41, 5.74) is 2.67. The number of benzene rings is 2. The molecule has 2 aromatic rings. The molecule has 2 rings (SSSR count). The number of carbonyl (C=O) groups excluding carboxylic acids is 1. The van der Waals surface area contributed by atoms with Gasteiger partial charge in [-0.2, -0.15) is 0 Å². The quantitative estimate of drug-likeness (QED) is 0.854. The minimum Gasteiger partial charge on any atom is -0.356 e. The standard InChI is InChI=1S/C17H18N2OS/c1-12-8-6-7-11-15(12)16(20)19-17(21)18-13(2)14-9-4-3-5-10-14/h3-11,13H,1-2H3,(H2,18,19,20,21). The Balaban J connectivity index is 1.96. The van der Waals surface area contributed by atoms with E-state index in [9.17, 15) is 4.79 Å². The molecule has 0 aliphatic rings. The number of aryl methyl sites for hydroxylation is 1. The summed E-state index contributed by atoms with van der Waals surface area (Å²) in [6, 6.07) is 17.4. The van der Waals surface area contributed by atoms with Crippen molar-refractivity contribution in [2.75, 3.05) is 0 Å². The Morgan fingerprint density at radius 1 is 1.05 bits per heavy atom. The highest BCUT2D eigenvalue weighted by Crippen LogP contribution is 2.11. The number of thiocarbonyl (C=S) groups is 1. The maximum Gasteiger partial charge on any atom is 0.257 e. The number of amides is 1. The van der Waals surface area contributed by atoms with Gasteiger partial charge in [0.05, 0.1) is 6.04 Å². The average Bonchev–Trinajstić information content (AvgIpc) is 2.48. The lowest BCUT2D eigenvalue weighted by Crippen LogP contribution is -2.40. The monoisotopic (exact) mass is 298 g/mol. The molecular weight excluding hydrogens is 280 g/mol. The molecule has 0 saturated heterocycles. The molecule has 108 valence electrons. The molecule has 0 bridgehead atoms. The molecule has 3 nitrogen and oxygen atoms in total. The van der Waals surface area contributed by atoms with Gasteiger partial charge in [-0.25, -0.2) is 0 Å². The average molecular weight is 298 g/mol. The van der Waals surface area contributed by atoms with E-state index in [-0.39, 0.29) is 11.9 Å². The largest absolute Gasteiger partial charge is 0.356 e. The Morgan fingerprint density at radius 2 is 1.67 bits per heavy atom. The third-order valence-electron chi connectivity index (χ3n) is 3.26. The first-order chi connectivity index (χ1) is 10.1. The normalized spacial score (nSPS) is 11.5. The lowest BCUT2D eigenvalue weighted by Gasteiger charge is -2.17. The molecule has 0 aromatic heterocycles. The van der Waals surface area contributed by atoms with Crippen molar-refractivity contribution in [2.24, 2.45) is 0 Å². The third kappa shape index (κ3) is 4.13. The van der Waals surface area contributed by atoms with E-state index < -0.39 is 0 Å². The first-order valence-electron chi connectivity index (χ1n) is 6.80. The highest BCUT2D eigenvalue weighted by atomic mass is 32.1. The third-order valence-corrected chi connectivity index (χ3v) is 3.48. The van der Waals surface area contributed by atoms with Crippen LogP contribution in [0.2, 0.25) is 0 Å².